The number of hydrogen-bond acceptors (Lipinski definition) is 6. The fraction of sp³-hybridized carbons (Fsp3) is 0.300. The van der Waals surface area contributed by atoms with E-state index in [1.54, 1.807) is 0 Å². The zero-order valence-electron chi connectivity index (χ0n) is 13.9. The Balaban J connectivity index is 2.64. The van der Waals surface area contributed by atoms with Gasteiger partial charge in [0, 0.05) is 0 Å². The number of methoxy groups -OCH3 is 1. The van der Waals surface area contributed by atoms with Crippen LogP contribution >= 0.6 is 0 Å². The van der Waals surface area contributed by atoms with E-state index in [0.29, 0.717) is 0 Å². The summed E-state index contributed by atoms with van der Waals surface area (Å²) >= 11 is 0. The van der Waals surface area contributed by atoms with Crippen LogP contribution in [-0.2, 0) is 4.79 Å². The van der Waals surface area contributed by atoms with Crippen LogP contribution in [-0.4, -0.2) is 50.7 Å². The van der Waals surface area contributed by atoms with E-state index >= 15 is 0 Å². The molecular formula is C10H5F6N5O3. The topological polar surface area (TPSA) is 99.0 Å². The number of imidazole rings is 1. The molecule has 0 bridgehead atoms. The number of nitrogens with zero attached hydrogens (tertiary/aromatic N) is 4. The molecule has 1 N–H and O–H groups in total. The molecule has 0 saturated heterocycles. The molecule has 0 aliphatic heterocycles. The second kappa shape index (κ2) is 5.61. The van der Waals surface area contributed by atoms with Crippen LogP contribution in [0.1, 0.15) is 8.91 Å². The van der Waals surface area contributed by atoms with Crippen LogP contribution in [0.5, 0.6) is 5.88 Å². The highest BCUT2D eigenvalue weighted by molar-refractivity contribution is 5.96. The van der Waals surface area contributed by atoms with Gasteiger partial charge in [0.05, 0.1) is 11.2 Å². The number of ether oxygens (including phenoxy) is 1. The zero-order valence-corrected chi connectivity index (χ0v) is 10.9. The number of carbonyl (C=O) groups excluding carboxylic acids is 2. The average molecular weight is 360 g/mol. The van der Waals surface area contributed by atoms with Gasteiger partial charge in [0.1, 0.15) is 6.33 Å². The van der Waals surface area contributed by atoms with Crippen LogP contribution in [0.4, 0.5) is 32.3 Å². The second-order valence-electron chi connectivity index (χ2n) is 4.00. The third-order valence-corrected chi connectivity index (χ3v) is 2.40. The van der Waals surface area contributed by atoms with Crippen molar-refractivity contribution in [2.45, 2.75) is 12.4 Å². The molecule has 0 fully saturated rings. The Morgan fingerprint density at radius 3 is 2.42 bits per heavy atom. The highest BCUT2D eigenvalue weighted by Gasteiger charge is 2.42. The number of anilines is 1. The molecule has 0 unspecified atom stereocenters. The van der Waals surface area contributed by atoms with Crippen LogP contribution in [0.3, 0.4) is 0 Å². The Hall–Kier alpha value is -2.93. The minimum atomic E-state index is -5.42. The summed E-state index contributed by atoms with van der Waals surface area (Å²) in [5, 5.41) is 1.11. The number of alkyl halides is 6. The predicted octanol–water partition coefficient (Wildman–Crippen LogP) is 1.54. The van der Waals surface area contributed by atoms with Gasteiger partial charge in [0.25, 0.3) is 0 Å². The van der Waals surface area contributed by atoms with Crippen LogP contribution in [0.15, 0.2) is 6.33 Å². The van der Waals surface area contributed by atoms with Crippen molar-refractivity contribution in [2.24, 2.45) is 0 Å². The molecule has 0 aromatic carbocycles. The number of nitrogens with one attached hydrogen (secondary N) is 1. The van der Waals surface area contributed by atoms with Gasteiger partial charge in [0.2, 0.25) is 11.8 Å². The molecule has 14 heteroatoms. The van der Waals surface area contributed by atoms with Crippen LogP contribution < -0.4 is 10.1 Å². The molecule has 0 saturated carbocycles. The molecule has 2 aromatic rings. The van der Waals surface area contributed by atoms with Gasteiger partial charge in [-0.25, -0.2) is 9.55 Å². The van der Waals surface area contributed by atoms with Crippen LogP contribution in [0.25, 0.3) is 11.2 Å². The van der Waals surface area contributed by atoms with Gasteiger partial charge in [0.15, 0.2) is 11.2 Å². The highest BCUT2D eigenvalue weighted by atomic mass is 19.4. The van der Waals surface area contributed by atoms with Gasteiger partial charge < -0.3 is 4.74 Å². The molecule has 1 amide bonds. The molecule has 0 radical (unpaired) electrons. The van der Waals surface area contributed by atoms with Crippen molar-refractivity contribution >= 4 is 28.9 Å². The first-order valence-corrected chi connectivity index (χ1v) is 5.53. The zero-order chi connectivity index (χ0) is 20.8. The average Bonchev–Trinajstić information content (AvgIpc) is 2.86. The van der Waals surface area contributed by atoms with Crippen molar-refractivity contribution in [1.29, 1.82) is 0 Å². The van der Waals surface area contributed by atoms with Gasteiger partial charge in [-0.15, -0.1) is 0 Å². The lowest BCUT2D eigenvalue weighted by Crippen LogP contribution is -2.31. The molecule has 24 heavy (non-hydrogen) atoms. The van der Waals surface area contributed by atoms with Crippen molar-refractivity contribution in [1.82, 2.24) is 19.5 Å². The van der Waals surface area contributed by atoms with Crippen LogP contribution in [0.2, 0.25) is 0 Å². The largest absolute Gasteiger partial charge is 0.479 e. The highest BCUT2D eigenvalue weighted by Crippen LogP contribution is 2.26. The van der Waals surface area contributed by atoms with Crippen molar-refractivity contribution in [3.8, 4) is 5.88 Å². The predicted molar refractivity (Wildman–Crippen MR) is 63.2 cm³/mol. The summed E-state index contributed by atoms with van der Waals surface area (Å²) < 4.78 is 99.7. The molecule has 2 heterocycles. The lowest BCUT2D eigenvalue weighted by Gasteiger charge is -2.09. The molecule has 130 valence electrons. The lowest BCUT2D eigenvalue weighted by atomic mass is 10.5. The van der Waals surface area contributed by atoms with Gasteiger partial charge in [-0.2, -0.15) is 36.3 Å². The first kappa shape index (κ1) is 13.5. The first-order chi connectivity index (χ1) is 12.1. The van der Waals surface area contributed by atoms with Gasteiger partial charge in [-0.3, -0.25) is 14.9 Å². The van der Waals surface area contributed by atoms with Gasteiger partial charge >= 0.3 is 24.2 Å². The number of halogens is 6. The normalized spacial score (nSPS) is 14.7. The fourth-order valence-electron chi connectivity index (χ4n) is 1.46. The standard InChI is InChI=1S/C10H5F6N5O3/c1-24-5-3-4(21(2-17-3)7(23)10(14,15)16)18-8(19-5)20-6(22)9(11,12)13/h2H,1H3,(H,18,19,20,22)/i1D3. The summed E-state index contributed by atoms with van der Waals surface area (Å²) in [4.78, 5) is 32.0. The van der Waals surface area contributed by atoms with E-state index in [4.69, 9.17) is 4.11 Å². The summed E-state index contributed by atoms with van der Waals surface area (Å²) in [7, 11) is -3.23. The van der Waals surface area contributed by atoms with E-state index < -0.39 is 54.2 Å². The fourth-order valence-corrected chi connectivity index (χ4v) is 1.46. The van der Waals surface area contributed by atoms with E-state index in [9.17, 15) is 35.9 Å². The lowest BCUT2D eigenvalue weighted by molar-refractivity contribution is -0.167. The summed E-state index contributed by atoms with van der Waals surface area (Å²) in [5.74, 6) is -7.47. The number of rotatable bonds is 2. The van der Waals surface area contributed by atoms with E-state index in [2.05, 4.69) is 19.7 Å². The van der Waals surface area contributed by atoms with Crippen molar-refractivity contribution in [3.63, 3.8) is 0 Å². The number of aromatic nitrogens is 4. The number of amides is 1. The molecule has 0 spiro atoms. The van der Waals surface area contributed by atoms with E-state index in [0.717, 1.165) is 5.32 Å². The van der Waals surface area contributed by atoms with E-state index in [-0.39, 0.29) is 10.9 Å². The number of hydrogen-bond donors (Lipinski definition) is 1. The minimum absolute atomic E-state index is 0.216. The molecule has 8 nitrogen and oxygen atoms in total. The Kier molecular flexibility index (Phi) is 3.16. The van der Waals surface area contributed by atoms with Gasteiger partial charge in [-0.05, 0) is 0 Å². The van der Waals surface area contributed by atoms with Crippen molar-refractivity contribution in [3.05, 3.63) is 6.33 Å². The van der Waals surface area contributed by atoms with Crippen molar-refractivity contribution in [2.75, 3.05) is 12.4 Å². The van der Waals surface area contributed by atoms with Crippen LogP contribution in [0, 0.1) is 0 Å². The Bertz CT molecular complexity index is 907. The molecule has 0 aliphatic carbocycles. The van der Waals surface area contributed by atoms with Crippen molar-refractivity contribution < 1.29 is 44.8 Å². The maximum Gasteiger partial charge on any atom is 0.472 e. The Morgan fingerprint density at radius 2 is 1.88 bits per heavy atom. The third-order valence-electron chi connectivity index (χ3n) is 2.40. The number of carbonyl (C=O) groups is 2. The minimum Gasteiger partial charge on any atom is -0.479 e. The smallest absolute Gasteiger partial charge is 0.472 e. The maximum atomic E-state index is 12.6. The maximum absolute atomic E-state index is 12.6. The summed E-state index contributed by atoms with van der Waals surface area (Å²) in [6, 6.07) is 0. The third kappa shape index (κ3) is 3.21. The second-order valence-corrected chi connectivity index (χ2v) is 4.00. The number of fused-ring (bicyclic) bond motifs is 1. The Labute approximate surface area is 131 Å². The quantitative estimate of drug-likeness (QED) is 0.816. The summed E-state index contributed by atoms with van der Waals surface area (Å²) in [6.07, 6.45) is -10.5. The molecule has 2 aromatic heterocycles. The summed E-state index contributed by atoms with van der Waals surface area (Å²) in [6.45, 7) is 0. The molecule has 0 aliphatic rings. The van der Waals surface area contributed by atoms with E-state index in [1.165, 1.54) is 0 Å². The monoisotopic (exact) mass is 360 g/mol. The Morgan fingerprint density at radius 1 is 1.21 bits per heavy atom. The first-order valence-electron chi connectivity index (χ1n) is 7.03. The SMILES string of the molecule is [2H]C([2H])([2H])Oc1nc(NC(=O)C(F)(F)F)nc2c1ncn2C(=O)C(F)(F)F. The van der Waals surface area contributed by atoms with E-state index in [1.807, 2.05) is 0 Å². The van der Waals surface area contributed by atoms with Gasteiger partial charge in [-0.1, -0.05) is 0 Å². The molecule has 2 rings (SSSR count). The summed E-state index contributed by atoms with van der Waals surface area (Å²) in [5.41, 5.74) is -1.81. The molecular weight excluding hydrogens is 352 g/mol. The molecule has 0 atom stereocenters.